The molecule has 2 aromatic carbocycles. The number of rotatable bonds is 5. The number of hydrogen-bond acceptors (Lipinski definition) is 4. The Kier molecular flexibility index (Phi) is 7.76. The highest BCUT2D eigenvalue weighted by Crippen LogP contribution is 2.27. The Morgan fingerprint density at radius 3 is 2.45 bits per heavy atom. The van der Waals surface area contributed by atoms with Crippen LogP contribution in [0.25, 0.3) is 0 Å². The topological polar surface area (TPSA) is 86.7 Å². The van der Waals surface area contributed by atoms with Crippen LogP contribution in [0.1, 0.15) is 42.1 Å². The molecule has 6 nitrogen and oxygen atoms in total. The highest BCUT2D eigenvalue weighted by Gasteiger charge is 2.31. The van der Waals surface area contributed by atoms with Gasteiger partial charge in [-0.3, -0.25) is 4.79 Å². The molecule has 1 amide bonds. The molecule has 2 unspecified atom stereocenters. The van der Waals surface area contributed by atoms with Gasteiger partial charge in [0.2, 0.25) is 10.0 Å². The van der Waals surface area contributed by atoms with Crippen molar-refractivity contribution in [2.45, 2.75) is 43.9 Å². The van der Waals surface area contributed by atoms with Crippen molar-refractivity contribution < 1.29 is 35.9 Å². The molecule has 1 saturated heterocycles. The van der Waals surface area contributed by atoms with Gasteiger partial charge in [0.05, 0.1) is 11.0 Å². The van der Waals surface area contributed by atoms with Crippen molar-refractivity contribution in [1.29, 1.82) is 0 Å². The summed E-state index contributed by atoms with van der Waals surface area (Å²) in [5, 5.41) is 12.3. The molecular weight excluding hydrogens is 464 g/mol. The number of carbonyl (C=O) groups excluding carboxylic acids is 1. The lowest BCUT2D eigenvalue weighted by Crippen LogP contribution is -2.40. The van der Waals surface area contributed by atoms with E-state index in [4.69, 9.17) is 0 Å². The van der Waals surface area contributed by atoms with Crippen LogP contribution in [0.3, 0.4) is 0 Å². The number of halogens is 4. The maximum Gasteiger partial charge on any atom is 0.255 e. The number of carbonyl (C=O) groups is 1. The van der Waals surface area contributed by atoms with Crippen LogP contribution in [-0.2, 0) is 16.7 Å². The normalized spacial score (nSPS) is 20.2. The Hall–Kier alpha value is -2.50. The van der Waals surface area contributed by atoms with Gasteiger partial charge in [-0.05, 0) is 37.3 Å². The number of sulfonamides is 1. The molecule has 1 heterocycles. The van der Waals surface area contributed by atoms with Gasteiger partial charge in [-0.1, -0.05) is 13.0 Å². The third-order valence-electron chi connectivity index (χ3n) is 5.64. The number of amides is 1. The molecule has 0 aliphatic carbocycles. The van der Waals surface area contributed by atoms with E-state index in [2.05, 4.69) is 5.32 Å². The van der Waals surface area contributed by atoms with Crippen LogP contribution in [0.2, 0.25) is 0 Å². The summed E-state index contributed by atoms with van der Waals surface area (Å²) < 4.78 is 81.5. The van der Waals surface area contributed by atoms with Crippen molar-refractivity contribution in [2.75, 3.05) is 18.4 Å². The SMILES string of the molecule is CC1CN(S(=O)(=O)c2cc(C(=O)Nc3cc(F)c(F)c(F)c3)ccc2CF)CCCCC1O. The Balaban J connectivity index is 1.93. The second-order valence-corrected chi connectivity index (χ2v) is 9.97. The molecular formula is C22H24F4N2O4S. The molecule has 0 saturated carbocycles. The number of hydrogen-bond donors (Lipinski definition) is 2. The Bertz CT molecular complexity index is 1120. The lowest BCUT2D eigenvalue weighted by atomic mass is 9.98. The molecule has 2 aromatic rings. The fourth-order valence-electron chi connectivity index (χ4n) is 3.69. The molecule has 1 fully saturated rings. The van der Waals surface area contributed by atoms with Gasteiger partial charge in [-0.25, -0.2) is 26.0 Å². The fourth-order valence-corrected chi connectivity index (χ4v) is 5.50. The summed E-state index contributed by atoms with van der Waals surface area (Å²) in [6, 6.07) is 4.48. The molecule has 0 aromatic heterocycles. The van der Waals surface area contributed by atoms with Crippen LogP contribution in [0.5, 0.6) is 0 Å². The highest BCUT2D eigenvalue weighted by molar-refractivity contribution is 7.89. The second kappa shape index (κ2) is 10.2. The van der Waals surface area contributed by atoms with Crippen LogP contribution < -0.4 is 5.32 Å². The first kappa shape index (κ1) is 25.1. The minimum Gasteiger partial charge on any atom is -0.393 e. The van der Waals surface area contributed by atoms with Gasteiger partial charge >= 0.3 is 0 Å². The number of aliphatic hydroxyl groups is 1. The van der Waals surface area contributed by atoms with E-state index in [0.29, 0.717) is 31.4 Å². The van der Waals surface area contributed by atoms with Gasteiger partial charge in [0.15, 0.2) is 17.5 Å². The van der Waals surface area contributed by atoms with Gasteiger partial charge in [0.25, 0.3) is 5.91 Å². The van der Waals surface area contributed by atoms with Crippen molar-refractivity contribution in [3.05, 3.63) is 58.9 Å². The number of nitrogens with one attached hydrogen (secondary N) is 1. The van der Waals surface area contributed by atoms with Crippen LogP contribution in [0.15, 0.2) is 35.2 Å². The molecule has 0 radical (unpaired) electrons. The van der Waals surface area contributed by atoms with Crippen LogP contribution in [0, 0.1) is 23.4 Å². The molecule has 1 aliphatic rings. The van der Waals surface area contributed by atoms with Crippen LogP contribution in [-0.4, -0.2) is 42.9 Å². The molecule has 2 N–H and O–H groups in total. The summed E-state index contributed by atoms with van der Waals surface area (Å²) in [5.74, 6) is -5.96. The van der Waals surface area contributed by atoms with Crippen molar-refractivity contribution in [2.24, 2.45) is 5.92 Å². The smallest absolute Gasteiger partial charge is 0.255 e. The van der Waals surface area contributed by atoms with E-state index in [1.807, 2.05) is 0 Å². The van der Waals surface area contributed by atoms with Gasteiger partial charge in [0, 0.05) is 42.0 Å². The van der Waals surface area contributed by atoms with E-state index in [0.717, 1.165) is 12.1 Å². The largest absolute Gasteiger partial charge is 0.393 e. The summed E-state index contributed by atoms with van der Waals surface area (Å²) in [5.41, 5.74) is -0.723. The molecule has 3 rings (SSSR count). The maximum absolute atomic E-state index is 13.6. The summed E-state index contributed by atoms with van der Waals surface area (Å²) in [6.07, 6.45) is 1.03. The average Bonchev–Trinajstić information content (AvgIpc) is 2.77. The molecule has 33 heavy (non-hydrogen) atoms. The third kappa shape index (κ3) is 5.53. The van der Waals surface area contributed by atoms with Crippen LogP contribution >= 0.6 is 0 Å². The third-order valence-corrected chi connectivity index (χ3v) is 7.59. The zero-order chi connectivity index (χ0) is 24.3. The molecule has 1 aliphatic heterocycles. The van der Waals surface area contributed by atoms with E-state index in [1.54, 1.807) is 6.92 Å². The van der Waals surface area contributed by atoms with E-state index in [1.165, 1.54) is 10.4 Å². The molecule has 11 heteroatoms. The lowest BCUT2D eigenvalue weighted by Gasteiger charge is -2.30. The maximum atomic E-state index is 13.6. The van der Waals surface area contributed by atoms with E-state index in [9.17, 15) is 35.9 Å². The Morgan fingerprint density at radius 1 is 1.15 bits per heavy atom. The number of benzene rings is 2. The average molecular weight is 489 g/mol. The van der Waals surface area contributed by atoms with Crippen molar-refractivity contribution in [1.82, 2.24) is 4.31 Å². The lowest BCUT2D eigenvalue weighted by molar-refractivity contribution is 0.0843. The van der Waals surface area contributed by atoms with Gasteiger partial charge in [0.1, 0.15) is 6.67 Å². The summed E-state index contributed by atoms with van der Waals surface area (Å²) in [4.78, 5) is 12.2. The quantitative estimate of drug-likeness (QED) is 0.492. The second-order valence-electron chi connectivity index (χ2n) is 8.07. The van der Waals surface area contributed by atoms with Gasteiger partial charge in [-0.2, -0.15) is 4.31 Å². The van der Waals surface area contributed by atoms with E-state index < -0.39 is 51.1 Å². The number of anilines is 1. The zero-order valence-corrected chi connectivity index (χ0v) is 18.6. The first-order chi connectivity index (χ1) is 15.5. The fraction of sp³-hybridized carbons (Fsp3) is 0.409. The molecule has 0 spiro atoms. The molecule has 180 valence electrons. The monoisotopic (exact) mass is 488 g/mol. The number of alkyl halides is 1. The standard InChI is InChI=1S/C22H24F4N2O4S/c1-13-12-28(7-3-2-4-19(13)29)33(31,32)20-8-14(5-6-15(20)11-23)22(30)27-16-9-17(24)21(26)18(25)10-16/h5-6,8-10,13,19,29H,2-4,7,11-12H2,1H3,(H,27,30). The minimum atomic E-state index is -4.22. The minimum absolute atomic E-state index is 0.0276. The summed E-state index contributed by atoms with van der Waals surface area (Å²) >= 11 is 0. The van der Waals surface area contributed by atoms with E-state index >= 15 is 0 Å². The van der Waals surface area contributed by atoms with Crippen molar-refractivity contribution >= 4 is 21.6 Å². The molecule has 0 bridgehead atoms. The summed E-state index contributed by atoms with van der Waals surface area (Å²) in [7, 11) is -4.22. The first-order valence-electron chi connectivity index (χ1n) is 10.4. The number of aliphatic hydroxyl groups excluding tert-OH is 1. The van der Waals surface area contributed by atoms with Gasteiger partial charge < -0.3 is 10.4 Å². The first-order valence-corrected chi connectivity index (χ1v) is 11.8. The van der Waals surface area contributed by atoms with E-state index in [-0.39, 0.29) is 35.8 Å². The van der Waals surface area contributed by atoms with Gasteiger partial charge in [-0.15, -0.1) is 0 Å². The predicted octanol–water partition coefficient (Wildman–Crippen LogP) is 4.00. The van der Waals surface area contributed by atoms with Crippen molar-refractivity contribution in [3.8, 4) is 0 Å². The highest BCUT2D eigenvalue weighted by atomic mass is 32.2. The van der Waals surface area contributed by atoms with Crippen molar-refractivity contribution in [3.63, 3.8) is 0 Å². The zero-order valence-electron chi connectivity index (χ0n) is 17.8. The summed E-state index contributed by atoms with van der Waals surface area (Å²) in [6.45, 7) is 0.825. The number of nitrogens with zero attached hydrogens (tertiary/aromatic N) is 1. The molecule has 2 atom stereocenters. The Morgan fingerprint density at radius 2 is 1.82 bits per heavy atom. The Labute approximate surface area is 189 Å². The van der Waals surface area contributed by atoms with Crippen LogP contribution in [0.4, 0.5) is 23.2 Å². The predicted molar refractivity (Wildman–Crippen MR) is 113 cm³/mol.